The fraction of sp³-hybridized carbons (Fsp3) is 1.00. The minimum atomic E-state index is -0.875. The third-order valence-electron chi connectivity index (χ3n) is 0. The molecule has 5 heteroatoms. The number of nitrogens with two attached hydrogens (primary N) is 2. The van der Waals surface area contributed by atoms with E-state index in [2.05, 4.69) is 19.3 Å². The maximum absolute atomic E-state index is 4.81. The van der Waals surface area contributed by atoms with Gasteiger partial charge in [-0.25, -0.2) is 0 Å². The maximum atomic E-state index is 4.81. The van der Waals surface area contributed by atoms with Crippen LogP contribution in [-0.2, 0) is 0 Å². The zero-order chi connectivity index (χ0) is 4.71. The molecule has 0 aliphatic carbocycles. The molecule has 0 saturated carbocycles. The summed E-state index contributed by atoms with van der Waals surface area (Å²) in [6.45, 7) is 0. The second kappa shape index (κ2) is 46.1. The van der Waals surface area contributed by atoms with E-state index in [0.717, 1.165) is 0 Å². The molecule has 2 nitrogen and oxygen atoms in total. The molecule has 0 saturated heterocycles. The van der Waals surface area contributed by atoms with Crippen LogP contribution in [0.25, 0.3) is 0 Å². The molecule has 0 atom stereocenters. The first-order valence-corrected chi connectivity index (χ1v) is 14.3. The van der Waals surface area contributed by atoms with E-state index >= 15 is 0 Å². The summed E-state index contributed by atoms with van der Waals surface area (Å²) in [5.41, 5.74) is 0. The van der Waals surface area contributed by atoms with E-state index < -0.39 is 15.9 Å². The Kier molecular flexibility index (Phi) is 153. The van der Waals surface area contributed by atoms with Crippen LogP contribution < -0.4 is 9.38 Å². The Labute approximate surface area is 71.6 Å². The van der Waals surface area contributed by atoms with Crippen LogP contribution >= 0.6 is 0 Å². The van der Waals surface area contributed by atoms with Gasteiger partial charge in [0.25, 0.3) is 0 Å². The molecule has 0 aromatic carbocycles. The zero-order valence-electron chi connectivity index (χ0n) is 2.98. The predicted octanol–water partition coefficient (Wildman–Crippen LogP) is -2.12. The molecule has 7 heavy (non-hydrogen) atoms. The summed E-state index contributed by atoms with van der Waals surface area (Å²) < 4.78 is 9.62. The van der Waals surface area contributed by atoms with E-state index in [9.17, 15) is 0 Å². The van der Waals surface area contributed by atoms with Crippen LogP contribution in [0.4, 0.5) is 0 Å². The fourth-order valence-corrected chi connectivity index (χ4v) is 0. The first kappa shape index (κ1) is 23.2. The summed E-state index contributed by atoms with van der Waals surface area (Å²) in [5.74, 6) is 0. The van der Waals surface area contributed by atoms with Gasteiger partial charge >= 0.3 is 57.3 Å². The molecule has 0 aromatic heterocycles. The molecule has 0 aliphatic heterocycles. The van der Waals surface area contributed by atoms with Crippen LogP contribution in [0.1, 0.15) is 14.9 Å². The number of hydrogen-bond donors (Lipinski definition) is 2. The average Bonchev–Trinajstić information content (AvgIpc) is 1.46. The normalized spacial score (nSPS) is 3.14. The van der Waals surface area contributed by atoms with E-state index in [0.29, 0.717) is 0 Å². The van der Waals surface area contributed by atoms with Gasteiger partial charge in [0.05, 0.1) is 0 Å². The van der Waals surface area contributed by atoms with Crippen LogP contribution in [0.15, 0.2) is 0 Å². The number of rotatable bonds is 0. The Bertz CT molecular complexity index is 17.7. The average molecular weight is 341 g/mol. The van der Waals surface area contributed by atoms with Gasteiger partial charge in [-0.3, -0.25) is 0 Å². The molecule has 4 N–H and O–H groups in total. The quantitative estimate of drug-likeness (QED) is 0.495. The van der Waals surface area contributed by atoms with Crippen molar-refractivity contribution >= 4 is 47.9 Å². The van der Waals surface area contributed by atoms with Gasteiger partial charge in [0.1, 0.15) is 0 Å². The van der Waals surface area contributed by atoms with Gasteiger partial charge in [-0.1, -0.05) is 14.9 Å². The van der Waals surface area contributed by atoms with E-state index in [-0.39, 0.29) is 14.9 Å². The molecule has 0 fully saturated rings. The summed E-state index contributed by atoms with van der Waals surface area (Å²) >= 11 is 2.58. The molecule has 0 aliphatic rings. The monoisotopic (exact) mass is 346 g/mol. The van der Waals surface area contributed by atoms with E-state index in [1.54, 1.807) is 0 Å². The van der Waals surface area contributed by atoms with Gasteiger partial charge in [-0.05, 0) is 0 Å². The fourth-order valence-electron chi connectivity index (χ4n) is 0. The van der Waals surface area contributed by atoms with Crippen LogP contribution in [-0.4, -0.2) is 47.9 Å². The van der Waals surface area contributed by atoms with Crippen LogP contribution in [0.3, 0.4) is 0 Å². The first-order valence-electron chi connectivity index (χ1n) is 1.11. The molecular formula is C2H16Ge2N2Te. The van der Waals surface area contributed by atoms with Gasteiger partial charge in [0, 0.05) is 0 Å². The topological polar surface area (TPSA) is 52.0 Å². The van der Waals surface area contributed by atoms with Crippen LogP contribution in [0.5, 0.6) is 0 Å². The molecule has 0 unspecified atom stereocenters. The summed E-state index contributed by atoms with van der Waals surface area (Å²) in [4.78, 5) is 0. The Morgan fingerprint density at radius 1 is 1.14 bits per heavy atom. The van der Waals surface area contributed by atoms with Crippen molar-refractivity contribution in [3.63, 3.8) is 0 Å². The van der Waals surface area contributed by atoms with Crippen molar-refractivity contribution in [3.8, 4) is 0 Å². The van der Waals surface area contributed by atoms with Gasteiger partial charge in [0.2, 0.25) is 0 Å². The SMILES string of the molecule is C.C.[GeH2]=[Te].[NH2][GeH2][NH2]. The van der Waals surface area contributed by atoms with E-state index in [1.165, 1.54) is 12.7 Å². The Balaban J connectivity index is -0.0000000105. The molecule has 0 rings (SSSR count). The summed E-state index contributed by atoms with van der Waals surface area (Å²) in [5, 5.41) is 0. The molecule has 0 spiro atoms. The Hall–Kier alpha value is 1.80. The van der Waals surface area contributed by atoms with Crippen LogP contribution in [0, 0.1) is 0 Å². The van der Waals surface area contributed by atoms with Crippen molar-refractivity contribution in [2.75, 3.05) is 0 Å². The standard InChI is InChI=1S/2CH4.GeH6N2.GeH2Te/c;;2-1-3;1-2/h2*1H4;1-3H2;1H2. The molecule has 0 amide bonds. The summed E-state index contributed by atoms with van der Waals surface area (Å²) in [6, 6.07) is 0. The molecule has 0 heterocycles. The van der Waals surface area contributed by atoms with Crippen molar-refractivity contribution in [3.05, 3.63) is 0 Å². The summed E-state index contributed by atoms with van der Waals surface area (Å²) in [7, 11) is 0. The molecular weight excluding hydrogens is 325 g/mol. The van der Waals surface area contributed by atoms with Gasteiger partial charge in [-0.2, -0.15) is 0 Å². The zero-order valence-corrected chi connectivity index (χ0v) is 11.2. The van der Waals surface area contributed by atoms with Crippen molar-refractivity contribution in [2.24, 2.45) is 9.38 Å². The molecule has 0 radical (unpaired) electrons. The van der Waals surface area contributed by atoms with Crippen molar-refractivity contribution in [1.29, 1.82) is 0 Å². The van der Waals surface area contributed by atoms with Crippen molar-refractivity contribution in [2.45, 2.75) is 14.9 Å². The van der Waals surface area contributed by atoms with Gasteiger partial charge in [0.15, 0.2) is 0 Å². The van der Waals surface area contributed by atoms with E-state index in [1.807, 2.05) is 0 Å². The third kappa shape index (κ3) is 81.2. The second-order valence-electron chi connectivity index (χ2n) is 0.236. The molecule has 0 bridgehead atoms. The third-order valence-corrected chi connectivity index (χ3v) is 0. The summed E-state index contributed by atoms with van der Waals surface area (Å²) in [6.07, 6.45) is 0. The molecule has 48 valence electrons. The first-order chi connectivity index (χ1) is 2.41. The number of hydrogen-bond acceptors (Lipinski definition) is 2. The van der Waals surface area contributed by atoms with Crippen molar-refractivity contribution < 1.29 is 0 Å². The molecule has 0 aromatic rings. The minimum absolute atomic E-state index is 0. The van der Waals surface area contributed by atoms with Gasteiger partial charge in [-0.15, -0.1) is 0 Å². The Morgan fingerprint density at radius 3 is 1.14 bits per heavy atom. The predicted molar refractivity (Wildman–Crippen MR) is 44.7 cm³/mol. The second-order valence-corrected chi connectivity index (χ2v) is 1.22. The van der Waals surface area contributed by atoms with Crippen molar-refractivity contribution in [1.82, 2.24) is 0 Å². The Morgan fingerprint density at radius 2 is 1.14 bits per heavy atom. The van der Waals surface area contributed by atoms with E-state index in [4.69, 9.17) is 9.38 Å². The van der Waals surface area contributed by atoms with Crippen LogP contribution in [0.2, 0.25) is 0 Å². The van der Waals surface area contributed by atoms with Gasteiger partial charge < -0.3 is 0 Å².